The third kappa shape index (κ3) is 7.35. The van der Waals surface area contributed by atoms with Gasteiger partial charge in [-0.25, -0.2) is 9.97 Å². The van der Waals surface area contributed by atoms with Crippen LogP contribution in [0, 0.1) is 5.41 Å². The molecule has 6 heterocycles. The lowest BCUT2D eigenvalue weighted by molar-refractivity contribution is -0.226. The molecular formula is C53H46N4O5. The second-order valence-corrected chi connectivity index (χ2v) is 16.4. The number of hydrogen-bond donors (Lipinski definition) is 2. The van der Waals surface area contributed by atoms with E-state index >= 15 is 0 Å². The second kappa shape index (κ2) is 16.0. The highest BCUT2D eigenvalue weighted by atomic mass is 16.7. The molecule has 0 aliphatic carbocycles. The van der Waals surface area contributed by atoms with E-state index in [1.165, 1.54) is 0 Å². The van der Waals surface area contributed by atoms with Gasteiger partial charge in [-0.2, -0.15) is 0 Å². The summed E-state index contributed by atoms with van der Waals surface area (Å²) < 4.78 is 29.0. The van der Waals surface area contributed by atoms with Gasteiger partial charge in [-0.3, -0.25) is 0 Å². The van der Waals surface area contributed by atoms with E-state index in [0.717, 1.165) is 112 Å². The summed E-state index contributed by atoms with van der Waals surface area (Å²) in [7, 11) is 5.04. The number of aromatic nitrogens is 4. The number of aromatic amines is 2. The summed E-state index contributed by atoms with van der Waals surface area (Å²) in [5.41, 5.74) is 15.7. The number of benzene rings is 4. The summed E-state index contributed by atoms with van der Waals surface area (Å²) in [5.74, 6) is 2.34. The van der Waals surface area contributed by atoms with Crippen LogP contribution in [0.5, 0.6) is 17.2 Å². The fourth-order valence-electron chi connectivity index (χ4n) is 8.39. The molecule has 3 aliphatic rings. The van der Waals surface area contributed by atoms with Crippen molar-refractivity contribution in [3.63, 3.8) is 0 Å². The minimum Gasteiger partial charge on any atom is -0.497 e. The molecular weight excluding hydrogens is 773 g/mol. The Morgan fingerprint density at radius 2 is 0.758 bits per heavy atom. The molecule has 0 spiro atoms. The fraction of sp³-hybridized carbons (Fsp3) is 0.170. The van der Waals surface area contributed by atoms with E-state index in [4.69, 9.17) is 33.7 Å². The molecule has 0 unspecified atom stereocenters. The van der Waals surface area contributed by atoms with Gasteiger partial charge < -0.3 is 33.7 Å². The molecule has 9 nitrogen and oxygen atoms in total. The molecule has 1 saturated heterocycles. The summed E-state index contributed by atoms with van der Waals surface area (Å²) in [6.07, 6.45) is 7.95. The van der Waals surface area contributed by atoms with Crippen LogP contribution < -0.4 is 14.2 Å². The fourth-order valence-corrected chi connectivity index (χ4v) is 8.39. The average molecular weight is 819 g/mol. The lowest BCUT2D eigenvalue weighted by Crippen LogP contribution is -2.33. The van der Waals surface area contributed by atoms with Crippen molar-refractivity contribution in [2.45, 2.75) is 20.1 Å². The van der Waals surface area contributed by atoms with Gasteiger partial charge in [-0.1, -0.05) is 74.5 Å². The lowest BCUT2D eigenvalue weighted by Gasteiger charge is -2.34. The molecule has 0 amide bonds. The molecule has 4 aromatic carbocycles. The van der Waals surface area contributed by atoms with E-state index in [9.17, 15) is 0 Å². The standard InChI is InChI=1S/C53H46N4O5/c1-53(2)30-61-52(62-31-53)36-8-6-32(7-9-36)48-40-22-24-42(54-40)49(33-10-16-37(58-3)17-11-33)44-26-28-46(56-44)51(35-14-20-39(60-5)21-15-35)47-29-27-45(57-47)50(43-25-23-41(48)55-43)34-12-18-38(59-4)19-13-34/h6-29,52,56-57H,30-31H2,1-5H3. The smallest absolute Gasteiger partial charge is 0.183 e. The number of nitrogens with one attached hydrogen (secondary N) is 2. The third-order valence-corrected chi connectivity index (χ3v) is 11.6. The third-order valence-electron chi connectivity index (χ3n) is 11.6. The first-order chi connectivity index (χ1) is 30.3. The van der Waals surface area contributed by atoms with Crippen molar-refractivity contribution in [3.8, 4) is 61.8 Å². The van der Waals surface area contributed by atoms with Crippen LogP contribution in [-0.4, -0.2) is 54.5 Å². The van der Waals surface area contributed by atoms with Crippen molar-refractivity contribution in [1.29, 1.82) is 0 Å². The van der Waals surface area contributed by atoms with Gasteiger partial charge in [0.05, 0.1) is 57.3 Å². The minimum absolute atomic E-state index is 0.0256. The van der Waals surface area contributed by atoms with E-state index in [1.807, 2.05) is 36.4 Å². The number of hydrogen-bond acceptors (Lipinski definition) is 7. The molecule has 0 atom stereocenters. The molecule has 8 bridgehead atoms. The van der Waals surface area contributed by atoms with Crippen molar-refractivity contribution in [1.82, 2.24) is 19.9 Å². The Morgan fingerprint density at radius 1 is 0.435 bits per heavy atom. The zero-order valence-electron chi connectivity index (χ0n) is 35.3. The number of H-pyrrole nitrogens is 2. The van der Waals surface area contributed by atoms with Crippen LogP contribution in [0.3, 0.4) is 0 Å². The van der Waals surface area contributed by atoms with Crippen molar-refractivity contribution >= 4 is 46.4 Å². The van der Waals surface area contributed by atoms with Crippen molar-refractivity contribution < 1.29 is 23.7 Å². The van der Waals surface area contributed by atoms with Crippen LogP contribution in [-0.2, 0) is 9.47 Å². The largest absolute Gasteiger partial charge is 0.497 e. The molecule has 0 saturated carbocycles. The van der Waals surface area contributed by atoms with Crippen LogP contribution >= 0.6 is 0 Å². The molecule has 1 fully saturated rings. The van der Waals surface area contributed by atoms with Gasteiger partial charge in [0, 0.05) is 55.3 Å². The van der Waals surface area contributed by atoms with Crippen LogP contribution in [0.2, 0.25) is 0 Å². The maximum atomic E-state index is 6.16. The van der Waals surface area contributed by atoms with E-state index in [2.05, 4.69) is 133 Å². The van der Waals surface area contributed by atoms with Gasteiger partial charge in [-0.05, 0) is 107 Å². The Labute approximate surface area is 360 Å². The Bertz CT molecular complexity index is 2880. The highest BCUT2D eigenvalue weighted by Crippen LogP contribution is 2.40. The van der Waals surface area contributed by atoms with Crippen molar-refractivity contribution in [2.24, 2.45) is 5.41 Å². The van der Waals surface area contributed by atoms with Crippen LogP contribution in [0.25, 0.3) is 90.9 Å². The first kappa shape index (κ1) is 39.0. The Kier molecular flexibility index (Phi) is 10.1. The molecule has 0 radical (unpaired) electrons. The first-order valence-corrected chi connectivity index (χ1v) is 20.7. The lowest BCUT2D eigenvalue weighted by atomic mass is 9.95. The maximum Gasteiger partial charge on any atom is 0.183 e. The maximum absolute atomic E-state index is 6.16. The summed E-state index contributed by atoms with van der Waals surface area (Å²) >= 11 is 0. The summed E-state index contributed by atoms with van der Waals surface area (Å²) in [6.45, 7) is 5.56. The van der Waals surface area contributed by atoms with E-state index in [1.54, 1.807) is 21.3 Å². The topological polar surface area (TPSA) is 104 Å². The molecule has 62 heavy (non-hydrogen) atoms. The van der Waals surface area contributed by atoms with Crippen LogP contribution in [0.15, 0.2) is 121 Å². The molecule has 2 N–H and O–H groups in total. The predicted molar refractivity (Wildman–Crippen MR) is 249 cm³/mol. The number of rotatable bonds is 8. The first-order valence-electron chi connectivity index (χ1n) is 20.7. The van der Waals surface area contributed by atoms with Gasteiger partial charge in [0.2, 0.25) is 0 Å². The zero-order valence-corrected chi connectivity index (χ0v) is 35.3. The quantitative estimate of drug-likeness (QED) is 0.157. The van der Waals surface area contributed by atoms with Crippen molar-refractivity contribution in [2.75, 3.05) is 34.5 Å². The van der Waals surface area contributed by atoms with Crippen molar-refractivity contribution in [3.05, 3.63) is 150 Å². The molecule has 3 aliphatic heterocycles. The van der Waals surface area contributed by atoms with Crippen LogP contribution in [0.4, 0.5) is 0 Å². The van der Waals surface area contributed by atoms with Gasteiger partial charge in [0.15, 0.2) is 6.29 Å². The number of nitrogens with zero attached hydrogens (tertiary/aromatic N) is 2. The van der Waals surface area contributed by atoms with Crippen LogP contribution in [0.1, 0.15) is 48.5 Å². The molecule has 3 aromatic heterocycles. The second-order valence-electron chi connectivity index (χ2n) is 16.4. The number of fused-ring (bicyclic) bond motifs is 8. The minimum atomic E-state index is -0.423. The molecule has 10 rings (SSSR count). The van der Waals surface area contributed by atoms with Gasteiger partial charge in [0.25, 0.3) is 0 Å². The summed E-state index contributed by atoms with van der Waals surface area (Å²) in [4.78, 5) is 18.5. The highest BCUT2D eigenvalue weighted by molar-refractivity contribution is 6.00. The average Bonchev–Trinajstić information content (AvgIpc) is 4.16. The van der Waals surface area contributed by atoms with Gasteiger partial charge >= 0.3 is 0 Å². The SMILES string of the molecule is COc1ccc(-c2c3nc(c(-c4ccc(C5OCC(C)(C)CO5)cc4)c4nc(c(-c5ccc(OC)cc5)c5ccc([nH]5)c(-c5ccc(OC)cc5)c5ccc2[nH]5)C=C4)C=C3)cc1. The monoisotopic (exact) mass is 818 g/mol. The summed E-state index contributed by atoms with van der Waals surface area (Å²) in [5, 5.41) is 0. The summed E-state index contributed by atoms with van der Waals surface area (Å²) in [6, 6.07) is 41.3. The molecule has 9 heteroatoms. The highest BCUT2D eigenvalue weighted by Gasteiger charge is 2.29. The predicted octanol–water partition coefficient (Wildman–Crippen LogP) is 12.4. The van der Waals surface area contributed by atoms with E-state index in [-0.39, 0.29) is 5.41 Å². The number of ether oxygens (including phenoxy) is 5. The van der Waals surface area contributed by atoms with E-state index in [0.29, 0.717) is 13.2 Å². The van der Waals surface area contributed by atoms with Gasteiger partial charge in [-0.15, -0.1) is 0 Å². The normalized spacial score (nSPS) is 14.5. The zero-order chi connectivity index (χ0) is 42.4. The Balaban J connectivity index is 1.28. The Morgan fingerprint density at radius 3 is 1.15 bits per heavy atom. The number of methoxy groups -OCH3 is 3. The molecule has 308 valence electrons. The van der Waals surface area contributed by atoms with E-state index < -0.39 is 6.29 Å². The van der Waals surface area contributed by atoms with Gasteiger partial charge in [0.1, 0.15) is 17.2 Å². The molecule has 7 aromatic rings. The Hall–Kier alpha value is -7.20.